The number of para-hydroxylation sites is 1. The molecule has 5 rings (SSSR count). The number of nitrogens with one attached hydrogen (secondary N) is 2. The monoisotopic (exact) mass is 417 g/mol. The largest absolute Gasteiger partial charge is 0.353 e. The van der Waals surface area contributed by atoms with Gasteiger partial charge in [-0.1, -0.05) is 42.5 Å². The van der Waals surface area contributed by atoms with Gasteiger partial charge in [0.2, 0.25) is 11.8 Å². The molecule has 1 saturated heterocycles. The number of carbonyl (C=O) groups is 2. The van der Waals surface area contributed by atoms with Gasteiger partial charge in [-0.25, -0.2) is 0 Å². The van der Waals surface area contributed by atoms with Gasteiger partial charge in [-0.3, -0.25) is 9.59 Å². The third-order valence-corrected chi connectivity index (χ3v) is 7.52. The zero-order valence-electron chi connectivity index (χ0n) is 18.0. The number of rotatable bonds is 4. The van der Waals surface area contributed by atoms with E-state index in [0.717, 1.165) is 50.6 Å². The Morgan fingerprint density at radius 3 is 2.48 bits per heavy atom. The first-order valence-corrected chi connectivity index (χ1v) is 11.6. The highest BCUT2D eigenvalue weighted by atomic mass is 16.2. The van der Waals surface area contributed by atoms with Gasteiger partial charge in [0.05, 0.1) is 6.67 Å². The molecule has 0 bridgehead atoms. The number of hydrogen-bond acceptors (Lipinski definition) is 3. The van der Waals surface area contributed by atoms with E-state index in [-0.39, 0.29) is 17.9 Å². The lowest BCUT2D eigenvalue weighted by Crippen LogP contribution is -2.52. The number of hydrogen-bond donors (Lipinski definition) is 2. The maximum atomic E-state index is 12.8. The van der Waals surface area contributed by atoms with E-state index in [1.165, 1.54) is 11.1 Å². The Morgan fingerprint density at radius 1 is 1.00 bits per heavy atom. The summed E-state index contributed by atoms with van der Waals surface area (Å²) in [4.78, 5) is 27.8. The molecule has 0 aromatic heterocycles. The van der Waals surface area contributed by atoms with E-state index in [1.807, 2.05) is 18.2 Å². The molecule has 0 radical (unpaired) electrons. The fraction of sp³-hybridized carbons (Fsp3) is 0.462. The summed E-state index contributed by atoms with van der Waals surface area (Å²) in [5, 5.41) is 6.34. The van der Waals surface area contributed by atoms with Gasteiger partial charge in [0.25, 0.3) is 0 Å². The van der Waals surface area contributed by atoms with Gasteiger partial charge in [0.1, 0.15) is 5.54 Å². The van der Waals surface area contributed by atoms with Crippen molar-refractivity contribution in [3.63, 3.8) is 0 Å². The number of amides is 2. The van der Waals surface area contributed by atoms with E-state index in [0.29, 0.717) is 19.0 Å². The maximum Gasteiger partial charge on any atom is 0.247 e. The van der Waals surface area contributed by atoms with Crippen molar-refractivity contribution in [2.45, 2.75) is 62.9 Å². The lowest BCUT2D eigenvalue weighted by Gasteiger charge is -2.42. The van der Waals surface area contributed by atoms with Gasteiger partial charge in [-0.2, -0.15) is 0 Å². The summed E-state index contributed by atoms with van der Waals surface area (Å²) in [5.41, 5.74) is 3.42. The first kappa shape index (κ1) is 20.1. The van der Waals surface area contributed by atoms with E-state index in [2.05, 4.69) is 51.9 Å². The molecule has 2 aliphatic carbocycles. The van der Waals surface area contributed by atoms with Crippen LogP contribution < -0.4 is 15.5 Å². The van der Waals surface area contributed by atoms with Crippen molar-refractivity contribution >= 4 is 17.5 Å². The lowest BCUT2D eigenvalue weighted by molar-refractivity contribution is -0.125. The minimum Gasteiger partial charge on any atom is -0.353 e. The number of fused-ring (bicyclic) bond motifs is 1. The molecule has 2 aromatic carbocycles. The van der Waals surface area contributed by atoms with Crippen LogP contribution in [0.25, 0.3) is 0 Å². The molecule has 1 saturated carbocycles. The molecule has 5 heteroatoms. The Hall–Kier alpha value is -2.82. The van der Waals surface area contributed by atoms with Crippen LogP contribution in [0, 0.1) is 5.92 Å². The summed E-state index contributed by atoms with van der Waals surface area (Å²) in [5.74, 6) is 0.661. The van der Waals surface area contributed by atoms with Crippen molar-refractivity contribution in [3.05, 3.63) is 65.7 Å². The summed E-state index contributed by atoms with van der Waals surface area (Å²) in [7, 11) is 0. The van der Waals surface area contributed by atoms with E-state index >= 15 is 0 Å². The van der Waals surface area contributed by atoms with Gasteiger partial charge >= 0.3 is 0 Å². The van der Waals surface area contributed by atoms with Crippen LogP contribution in [0.5, 0.6) is 0 Å². The molecule has 31 heavy (non-hydrogen) atoms. The highest BCUT2D eigenvalue weighted by molar-refractivity contribution is 5.93. The van der Waals surface area contributed by atoms with Gasteiger partial charge in [0.15, 0.2) is 0 Å². The van der Waals surface area contributed by atoms with Crippen molar-refractivity contribution in [1.29, 1.82) is 0 Å². The first-order valence-electron chi connectivity index (χ1n) is 11.6. The lowest BCUT2D eigenvalue weighted by atomic mass is 9.74. The molecule has 2 aromatic rings. The number of anilines is 1. The van der Waals surface area contributed by atoms with E-state index in [4.69, 9.17) is 0 Å². The van der Waals surface area contributed by atoms with Crippen LogP contribution in [0.15, 0.2) is 54.6 Å². The normalized spacial score (nSPS) is 27.6. The minimum absolute atomic E-state index is 0.139. The predicted octanol–water partition coefficient (Wildman–Crippen LogP) is 3.57. The van der Waals surface area contributed by atoms with Crippen molar-refractivity contribution < 1.29 is 9.59 Å². The van der Waals surface area contributed by atoms with Crippen molar-refractivity contribution in [1.82, 2.24) is 10.6 Å². The molecular formula is C26H31N3O2. The van der Waals surface area contributed by atoms with Crippen LogP contribution in [0.3, 0.4) is 0 Å². The van der Waals surface area contributed by atoms with Crippen molar-refractivity contribution in [2.75, 3.05) is 11.6 Å². The van der Waals surface area contributed by atoms with Crippen LogP contribution in [0.4, 0.5) is 5.69 Å². The molecule has 5 nitrogen and oxygen atoms in total. The van der Waals surface area contributed by atoms with E-state index in [1.54, 1.807) is 0 Å². The van der Waals surface area contributed by atoms with Gasteiger partial charge in [-0.15, -0.1) is 0 Å². The van der Waals surface area contributed by atoms with Gasteiger partial charge in [-0.05, 0) is 74.1 Å². The summed E-state index contributed by atoms with van der Waals surface area (Å²) in [6.45, 7) is 0.567. The molecule has 2 N–H and O–H groups in total. The van der Waals surface area contributed by atoms with E-state index < -0.39 is 5.54 Å². The highest BCUT2D eigenvalue weighted by Crippen LogP contribution is 2.42. The predicted molar refractivity (Wildman–Crippen MR) is 122 cm³/mol. The Morgan fingerprint density at radius 2 is 1.71 bits per heavy atom. The Labute approximate surface area is 184 Å². The number of benzene rings is 2. The smallest absolute Gasteiger partial charge is 0.247 e. The molecule has 1 atom stereocenters. The Bertz CT molecular complexity index is 950. The summed E-state index contributed by atoms with van der Waals surface area (Å²) >= 11 is 0. The fourth-order valence-corrected chi connectivity index (χ4v) is 5.76. The van der Waals surface area contributed by atoms with Crippen LogP contribution in [0.1, 0.15) is 49.7 Å². The number of carbonyl (C=O) groups excluding carboxylic acids is 2. The molecular weight excluding hydrogens is 386 g/mol. The highest BCUT2D eigenvalue weighted by Gasteiger charge is 2.50. The fourth-order valence-electron chi connectivity index (χ4n) is 5.76. The zero-order valence-corrected chi connectivity index (χ0v) is 18.0. The SMILES string of the molecule is O=C(CC1CCC2(CC1)C(=O)NCN2c1ccccc1)NC1CCc2ccccc2C1. The summed E-state index contributed by atoms with van der Waals surface area (Å²) < 4.78 is 0. The van der Waals surface area contributed by atoms with Crippen LogP contribution in [-0.4, -0.2) is 30.1 Å². The molecule has 1 unspecified atom stereocenters. The van der Waals surface area contributed by atoms with Crippen LogP contribution >= 0.6 is 0 Å². The average molecular weight is 418 g/mol. The summed E-state index contributed by atoms with van der Waals surface area (Å²) in [6, 6.07) is 19.0. The standard InChI is InChI=1S/C26H31N3O2/c30-24(28-22-11-10-20-6-4-5-7-21(20)17-22)16-19-12-14-26(15-13-19)25(31)27-18-29(26)23-8-2-1-3-9-23/h1-9,19,22H,10-18H2,(H,27,31)(H,28,30). The second-order valence-electron chi connectivity index (χ2n) is 9.38. The summed E-state index contributed by atoms with van der Waals surface area (Å²) in [6.07, 6.45) is 7.00. The van der Waals surface area contributed by atoms with Crippen LogP contribution in [0.2, 0.25) is 0 Å². The topological polar surface area (TPSA) is 61.4 Å². The molecule has 1 spiro atoms. The molecule has 3 aliphatic rings. The van der Waals surface area contributed by atoms with Crippen molar-refractivity contribution in [2.24, 2.45) is 5.92 Å². The molecule has 1 aliphatic heterocycles. The Balaban J connectivity index is 1.16. The zero-order chi connectivity index (χ0) is 21.3. The second-order valence-corrected chi connectivity index (χ2v) is 9.38. The van der Waals surface area contributed by atoms with E-state index in [9.17, 15) is 9.59 Å². The minimum atomic E-state index is -0.457. The molecule has 2 amide bonds. The number of aryl methyl sites for hydroxylation is 1. The molecule has 162 valence electrons. The third-order valence-electron chi connectivity index (χ3n) is 7.52. The van der Waals surface area contributed by atoms with Gasteiger partial charge < -0.3 is 15.5 Å². The quantitative estimate of drug-likeness (QED) is 0.800. The molecule has 1 heterocycles. The number of nitrogens with zero attached hydrogens (tertiary/aromatic N) is 1. The second kappa shape index (κ2) is 8.37. The maximum absolute atomic E-state index is 12.8. The molecule has 2 fully saturated rings. The van der Waals surface area contributed by atoms with Crippen LogP contribution in [-0.2, 0) is 22.4 Å². The van der Waals surface area contributed by atoms with Gasteiger partial charge in [0, 0.05) is 18.2 Å². The Kier molecular flexibility index (Phi) is 5.43. The third kappa shape index (κ3) is 3.93. The first-order chi connectivity index (χ1) is 15.1. The van der Waals surface area contributed by atoms with Crippen molar-refractivity contribution in [3.8, 4) is 0 Å². The average Bonchev–Trinajstić information content (AvgIpc) is 3.11.